The molecule has 2 saturated carbocycles. The normalized spacial score (nSPS) is 41.8. The maximum Gasteiger partial charge on any atom is 0.240 e. The highest BCUT2D eigenvalue weighted by atomic mass is 16.5. The minimum absolute atomic E-state index is 0.0187. The lowest BCUT2D eigenvalue weighted by molar-refractivity contribution is -0.130. The molecular weight excluding hydrogens is 252 g/mol. The number of carbonyl (C=O) groups excluding carboxylic acids is 1. The summed E-state index contributed by atoms with van der Waals surface area (Å²) >= 11 is 0. The summed E-state index contributed by atoms with van der Waals surface area (Å²) in [7, 11) is 0. The molecule has 4 nitrogen and oxygen atoms in total. The molecule has 1 amide bonds. The van der Waals surface area contributed by atoms with Crippen LogP contribution in [-0.4, -0.2) is 37.2 Å². The summed E-state index contributed by atoms with van der Waals surface area (Å²) < 4.78 is 5.56. The van der Waals surface area contributed by atoms with Crippen molar-refractivity contribution in [2.24, 2.45) is 11.8 Å². The molecule has 0 aromatic carbocycles. The van der Waals surface area contributed by atoms with Crippen LogP contribution in [0.2, 0.25) is 0 Å². The number of hydrogen-bond donors (Lipinski definition) is 2. The van der Waals surface area contributed by atoms with E-state index in [0.717, 1.165) is 24.8 Å². The quantitative estimate of drug-likeness (QED) is 0.811. The van der Waals surface area contributed by atoms with E-state index in [-0.39, 0.29) is 18.1 Å². The van der Waals surface area contributed by atoms with Crippen molar-refractivity contribution in [2.75, 3.05) is 13.2 Å². The number of ether oxygens (including phenoxy) is 1. The van der Waals surface area contributed by atoms with Crippen LogP contribution in [0.3, 0.4) is 0 Å². The number of nitrogens with one attached hydrogen (secondary N) is 2. The molecule has 0 aromatic heterocycles. The Morgan fingerprint density at radius 1 is 1.15 bits per heavy atom. The Balaban J connectivity index is 1.51. The minimum Gasteiger partial charge on any atom is -0.375 e. The first kappa shape index (κ1) is 14.3. The van der Waals surface area contributed by atoms with Crippen LogP contribution in [0.15, 0.2) is 0 Å². The van der Waals surface area contributed by atoms with E-state index in [1.807, 2.05) is 6.92 Å². The molecule has 0 spiro atoms. The molecule has 1 heterocycles. The number of morpholine rings is 1. The van der Waals surface area contributed by atoms with E-state index in [9.17, 15) is 4.79 Å². The molecule has 20 heavy (non-hydrogen) atoms. The van der Waals surface area contributed by atoms with Crippen LogP contribution < -0.4 is 10.6 Å². The Hall–Kier alpha value is -0.610. The average Bonchev–Trinajstić information content (AvgIpc) is 2.47. The van der Waals surface area contributed by atoms with Gasteiger partial charge in [-0.05, 0) is 38.0 Å². The predicted molar refractivity (Wildman–Crippen MR) is 78.4 cm³/mol. The topological polar surface area (TPSA) is 50.4 Å². The molecular formula is C16H28N2O2. The van der Waals surface area contributed by atoms with E-state index in [1.54, 1.807) is 0 Å². The van der Waals surface area contributed by atoms with E-state index in [1.165, 1.54) is 38.5 Å². The molecule has 3 fully saturated rings. The van der Waals surface area contributed by atoms with Gasteiger partial charge >= 0.3 is 0 Å². The Kier molecular flexibility index (Phi) is 4.61. The summed E-state index contributed by atoms with van der Waals surface area (Å²) in [6.07, 6.45) is 9.23. The molecule has 2 N–H and O–H groups in total. The molecule has 4 heteroatoms. The standard InChI is InChI=1S/C16H28N2O2/c1-11-15(17-8-9-20-11)16(19)18-14-7-6-12-4-2-3-5-13(12)10-14/h11-15,17H,2-10H2,1H3,(H,18,19)/t11-,12?,13?,14?,15+/m1/s1. The third kappa shape index (κ3) is 3.17. The Bertz CT molecular complexity index is 347. The van der Waals surface area contributed by atoms with Crippen molar-refractivity contribution in [3.8, 4) is 0 Å². The fourth-order valence-corrected chi connectivity index (χ4v) is 4.32. The number of amides is 1. The van der Waals surface area contributed by atoms with Crippen molar-refractivity contribution >= 4 is 5.91 Å². The second kappa shape index (κ2) is 6.44. The lowest BCUT2D eigenvalue weighted by Crippen LogP contribution is -2.57. The predicted octanol–water partition coefficient (Wildman–Crippen LogP) is 1.84. The summed E-state index contributed by atoms with van der Waals surface area (Å²) in [5.74, 6) is 1.93. The van der Waals surface area contributed by atoms with Crippen molar-refractivity contribution in [3.63, 3.8) is 0 Å². The van der Waals surface area contributed by atoms with E-state index in [2.05, 4.69) is 10.6 Å². The molecule has 2 aliphatic carbocycles. The van der Waals surface area contributed by atoms with E-state index in [0.29, 0.717) is 12.6 Å². The van der Waals surface area contributed by atoms with Crippen LogP contribution in [0.25, 0.3) is 0 Å². The second-order valence-electron chi connectivity index (χ2n) is 6.83. The van der Waals surface area contributed by atoms with Crippen molar-refractivity contribution in [1.82, 2.24) is 10.6 Å². The van der Waals surface area contributed by atoms with Crippen molar-refractivity contribution in [2.45, 2.75) is 70.1 Å². The van der Waals surface area contributed by atoms with E-state index >= 15 is 0 Å². The Labute approximate surface area is 122 Å². The highest BCUT2D eigenvalue weighted by molar-refractivity contribution is 5.82. The highest BCUT2D eigenvalue weighted by Crippen LogP contribution is 2.40. The fourth-order valence-electron chi connectivity index (χ4n) is 4.32. The van der Waals surface area contributed by atoms with Crippen LogP contribution in [-0.2, 0) is 9.53 Å². The van der Waals surface area contributed by atoms with Crippen molar-refractivity contribution < 1.29 is 9.53 Å². The molecule has 1 saturated heterocycles. The molecule has 0 aromatic rings. The van der Waals surface area contributed by atoms with Gasteiger partial charge in [0.1, 0.15) is 6.04 Å². The molecule has 0 radical (unpaired) electrons. The van der Waals surface area contributed by atoms with Gasteiger partial charge in [-0.25, -0.2) is 0 Å². The smallest absolute Gasteiger partial charge is 0.240 e. The van der Waals surface area contributed by atoms with Gasteiger partial charge in [0.2, 0.25) is 5.91 Å². The number of carbonyl (C=O) groups is 1. The summed E-state index contributed by atoms with van der Waals surface area (Å²) in [5, 5.41) is 6.55. The first-order chi connectivity index (χ1) is 9.74. The zero-order valence-electron chi connectivity index (χ0n) is 12.6. The van der Waals surface area contributed by atoms with E-state index in [4.69, 9.17) is 4.74 Å². The molecule has 5 atom stereocenters. The van der Waals surface area contributed by atoms with Crippen LogP contribution in [0.4, 0.5) is 0 Å². The third-order valence-corrected chi connectivity index (χ3v) is 5.49. The lowest BCUT2D eigenvalue weighted by Gasteiger charge is -2.40. The average molecular weight is 280 g/mol. The van der Waals surface area contributed by atoms with Gasteiger partial charge in [-0.15, -0.1) is 0 Å². The first-order valence-electron chi connectivity index (χ1n) is 8.39. The van der Waals surface area contributed by atoms with Crippen molar-refractivity contribution in [3.05, 3.63) is 0 Å². The van der Waals surface area contributed by atoms with Gasteiger partial charge in [0.15, 0.2) is 0 Å². The molecule has 114 valence electrons. The van der Waals surface area contributed by atoms with Crippen LogP contribution in [0.1, 0.15) is 51.9 Å². The number of hydrogen-bond acceptors (Lipinski definition) is 3. The first-order valence-corrected chi connectivity index (χ1v) is 8.39. The maximum atomic E-state index is 12.4. The lowest BCUT2D eigenvalue weighted by atomic mass is 9.69. The zero-order valence-corrected chi connectivity index (χ0v) is 12.6. The summed E-state index contributed by atoms with van der Waals surface area (Å²) in [6.45, 7) is 3.46. The van der Waals surface area contributed by atoms with Crippen molar-refractivity contribution in [1.29, 1.82) is 0 Å². The van der Waals surface area contributed by atoms with Gasteiger partial charge in [-0.2, -0.15) is 0 Å². The Morgan fingerprint density at radius 2 is 1.95 bits per heavy atom. The van der Waals surface area contributed by atoms with Gasteiger partial charge < -0.3 is 15.4 Å². The van der Waals surface area contributed by atoms with Crippen LogP contribution in [0, 0.1) is 11.8 Å². The molecule has 3 rings (SSSR count). The summed E-state index contributed by atoms with van der Waals surface area (Å²) in [5.41, 5.74) is 0. The molecule has 1 aliphatic heterocycles. The largest absolute Gasteiger partial charge is 0.375 e. The van der Waals surface area contributed by atoms with Crippen LogP contribution in [0.5, 0.6) is 0 Å². The van der Waals surface area contributed by atoms with Gasteiger partial charge in [0.05, 0.1) is 12.7 Å². The second-order valence-corrected chi connectivity index (χ2v) is 6.83. The molecule has 3 unspecified atom stereocenters. The Morgan fingerprint density at radius 3 is 2.75 bits per heavy atom. The SMILES string of the molecule is C[C@H]1OCCN[C@@H]1C(=O)NC1CCC2CCCCC2C1. The monoisotopic (exact) mass is 280 g/mol. The zero-order chi connectivity index (χ0) is 13.9. The maximum absolute atomic E-state index is 12.4. The molecule has 0 bridgehead atoms. The minimum atomic E-state index is -0.173. The summed E-state index contributed by atoms with van der Waals surface area (Å²) in [6, 6.07) is 0.214. The van der Waals surface area contributed by atoms with Gasteiger partial charge in [0, 0.05) is 12.6 Å². The summed E-state index contributed by atoms with van der Waals surface area (Å²) in [4.78, 5) is 12.4. The van der Waals surface area contributed by atoms with E-state index < -0.39 is 0 Å². The molecule has 3 aliphatic rings. The van der Waals surface area contributed by atoms with Gasteiger partial charge in [-0.3, -0.25) is 4.79 Å². The van der Waals surface area contributed by atoms with Gasteiger partial charge in [-0.1, -0.05) is 25.7 Å². The highest BCUT2D eigenvalue weighted by Gasteiger charge is 2.35. The number of fused-ring (bicyclic) bond motifs is 1. The third-order valence-electron chi connectivity index (χ3n) is 5.49. The van der Waals surface area contributed by atoms with Gasteiger partial charge in [0.25, 0.3) is 0 Å². The fraction of sp³-hybridized carbons (Fsp3) is 0.938. The van der Waals surface area contributed by atoms with Crippen LogP contribution >= 0.6 is 0 Å². The number of rotatable bonds is 2.